The van der Waals surface area contributed by atoms with E-state index < -0.39 is 0 Å². The normalized spacial score (nSPS) is 12.3. The molecule has 5 N–H and O–H groups in total. The zero-order valence-corrected chi connectivity index (χ0v) is 12.8. The maximum atomic E-state index is 5.48. The molecule has 4 nitrogen and oxygen atoms in total. The number of nitrogens with one attached hydrogen (secondary N) is 3. The Labute approximate surface area is 113 Å². The molecule has 110 valence electrons. The van der Waals surface area contributed by atoms with Crippen LogP contribution in [0.1, 0.15) is 40.5 Å². The monoisotopic (exact) mass is 258 g/mol. The van der Waals surface area contributed by atoms with Crippen LogP contribution in [0, 0.1) is 5.92 Å². The Bertz CT molecular complexity index is 181. The van der Waals surface area contributed by atoms with Crippen LogP contribution in [0.25, 0.3) is 0 Å². The minimum atomic E-state index is 0.153. The Morgan fingerprint density at radius 1 is 1.00 bits per heavy atom. The van der Waals surface area contributed by atoms with Crippen molar-refractivity contribution in [2.24, 2.45) is 11.7 Å². The Kier molecular flexibility index (Phi) is 10.6. The molecule has 0 aliphatic rings. The van der Waals surface area contributed by atoms with Crippen molar-refractivity contribution in [2.45, 2.75) is 46.1 Å². The molecule has 18 heavy (non-hydrogen) atoms. The molecule has 0 aromatic carbocycles. The van der Waals surface area contributed by atoms with Gasteiger partial charge >= 0.3 is 0 Å². The van der Waals surface area contributed by atoms with E-state index >= 15 is 0 Å². The third-order valence-corrected chi connectivity index (χ3v) is 2.81. The SMILES string of the molecule is CC(C)CNCCCNCC(C)(C)NCCCN. The van der Waals surface area contributed by atoms with Gasteiger partial charge in [-0.25, -0.2) is 0 Å². The van der Waals surface area contributed by atoms with E-state index in [1.165, 1.54) is 6.42 Å². The summed E-state index contributed by atoms with van der Waals surface area (Å²) in [5.74, 6) is 0.739. The number of nitrogens with two attached hydrogens (primary N) is 1. The van der Waals surface area contributed by atoms with Gasteiger partial charge in [-0.2, -0.15) is 0 Å². The van der Waals surface area contributed by atoms with Crippen LogP contribution in [-0.2, 0) is 0 Å². The highest BCUT2D eigenvalue weighted by molar-refractivity contribution is 4.79. The average molecular weight is 258 g/mol. The number of rotatable bonds is 12. The highest BCUT2D eigenvalue weighted by Gasteiger charge is 2.15. The Hall–Kier alpha value is -0.160. The van der Waals surface area contributed by atoms with Gasteiger partial charge in [0.05, 0.1) is 0 Å². The van der Waals surface area contributed by atoms with Crippen molar-refractivity contribution < 1.29 is 0 Å². The molecular formula is C14H34N4. The predicted molar refractivity (Wildman–Crippen MR) is 80.9 cm³/mol. The third-order valence-electron chi connectivity index (χ3n) is 2.81. The summed E-state index contributed by atoms with van der Waals surface area (Å²) < 4.78 is 0. The van der Waals surface area contributed by atoms with Crippen molar-refractivity contribution in [1.82, 2.24) is 16.0 Å². The largest absolute Gasteiger partial charge is 0.330 e. The molecule has 0 unspecified atom stereocenters. The molecule has 0 saturated heterocycles. The van der Waals surface area contributed by atoms with Crippen molar-refractivity contribution in [2.75, 3.05) is 39.3 Å². The maximum Gasteiger partial charge on any atom is 0.0249 e. The zero-order valence-electron chi connectivity index (χ0n) is 12.8. The van der Waals surface area contributed by atoms with Crippen LogP contribution in [0.5, 0.6) is 0 Å². The first-order valence-corrected chi connectivity index (χ1v) is 7.34. The molecule has 0 atom stereocenters. The summed E-state index contributed by atoms with van der Waals surface area (Å²) in [5, 5.41) is 10.5. The molecular weight excluding hydrogens is 224 g/mol. The van der Waals surface area contributed by atoms with Crippen LogP contribution in [-0.4, -0.2) is 44.8 Å². The molecule has 0 aliphatic carbocycles. The molecule has 0 fully saturated rings. The van der Waals surface area contributed by atoms with Gasteiger partial charge in [0.25, 0.3) is 0 Å². The lowest BCUT2D eigenvalue weighted by Gasteiger charge is -2.27. The molecule has 0 radical (unpaired) electrons. The van der Waals surface area contributed by atoms with E-state index in [4.69, 9.17) is 5.73 Å². The summed E-state index contributed by atoms with van der Waals surface area (Å²) in [5.41, 5.74) is 5.64. The summed E-state index contributed by atoms with van der Waals surface area (Å²) in [6.45, 7) is 15.0. The Balaban J connectivity index is 3.35. The van der Waals surface area contributed by atoms with Crippen LogP contribution in [0.2, 0.25) is 0 Å². The maximum absolute atomic E-state index is 5.48. The molecule has 0 amide bonds. The van der Waals surface area contributed by atoms with E-state index in [-0.39, 0.29) is 5.54 Å². The molecule has 0 bridgehead atoms. The number of hydrogen-bond donors (Lipinski definition) is 4. The molecule has 0 saturated carbocycles. The van der Waals surface area contributed by atoms with Crippen molar-refractivity contribution in [3.05, 3.63) is 0 Å². The van der Waals surface area contributed by atoms with E-state index in [2.05, 4.69) is 43.6 Å². The Morgan fingerprint density at radius 2 is 1.67 bits per heavy atom. The molecule has 0 aromatic rings. The van der Waals surface area contributed by atoms with Crippen molar-refractivity contribution in [3.63, 3.8) is 0 Å². The lowest BCUT2D eigenvalue weighted by atomic mass is 10.1. The highest BCUT2D eigenvalue weighted by Crippen LogP contribution is 1.99. The van der Waals surface area contributed by atoms with Gasteiger partial charge in [-0.1, -0.05) is 13.8 Å². The van der Waals surface area contributed by atoms with Gasteiger partial charge < -0.3 is 21.7 Å². The summed E-state index contributed by atoms with van der Waals surface area (Å²) in [6.07, 6.45) is 2.23. The van der Waals surface area contributed by atoms with E-state index in [9.17, 15) is 0 Å². The predicted octanol–water partition coefficient (Wildman–Crippen LogP) is 0.929. The highest BCUT2D eigenvalue weighted by atomic mass is 15.0. The van der Waals surface area contributed by atoms with Gasteiger partial charge in [0, 0.05) is 12.1 Å². The fourth-order valence-electron chi connectivity index (χ4n) is 1.72. The second-order valence-electron chi connectivity index (χ2n) is 6.08. The summed E-state index contributed by atoms with van der Waals surface area (Å²) >= 11 is 0. The molecule has 0 spiro atoms. The van der Waals surface area contributed by atoms with E-state index in [0.717, 1.165) is 51.6 Å². The molecule has 0 heterocycles. The minimum absolute atomic E-state index is 0.153. The first-order chi connectivity index (χ1) is 8.48. The van der Waals surface area contributed by atoms with Crippen LogP contribution >= 0.6 is 0 Å². The molecule has 0 aromatic heterocycles. The second-order valence-corrected chi connectivity index (χ2v) is 6.08. The molecule has 0 rings (SSSR count). The van der Waals surface area contributed by atoms with Gasteiger partial charge in [-0.3, -0.25) is 0 Å². The standard InChI is InChI=1S/C14H34N4/c1-13(2)11-16-8-6-9-17-12-14(3,4)18-10-5-7-15/h13,16-18H,5-12,15H2,1-4H3. The zero-order chi connectivity index (χ0) is 13.9. The lowest BCUT2D eigenvalue weighted by Crippen LogP contribution is -2.48. The number of hydrogen-bond acceptors (Lipinski definition) is 4. The summed E-state index contributed by atoms with van der Waals surface area (Å²) in [4.78, 5) is 0. The lowest BCUT2D eigenvalue weighted by molar-refractivity contribution is 0.363. The minimum Gasteiger partial charge on any atom is -0.330 e. The molecule has 0 aliphatic heterocycles. The van der Waals surface area contributed by atoms with Crippen molar-refractivity contribution in [3.8, 4) is 0 Å². The van der Waals surface area contributed by atoms with E-state index in [0.29, 0.717) is 0 Å². The summed E-state index contributed by atoms with van der Waals surface area (Å²) in [6, 6.07) is 0. The topological polar surface area (TPSA) is 62.1 Å². The van der Waals surface area contributed by atoms with Gasteiger partial charge in [0.1, 0.15) is 0 Å². The fourth-order valence-corrected chi connectivity index (χ4v) is 1.72. The van der Waals surface area contributed by atoms with Crippen LogP contribution < -0.4 is 21.7 Å². The van der Waals surface area contributed by atoms with Crippen LogP contribution in [0.3, 0.4) is 0 Å². The first-order valence-electron chi connectivity index (χ1n) is 7.34. The average Bonchev–Trinajstić information content (AvgIpc) is 2.27. The smallest absolute Gasteiger partial charge is 0.0249 e. The van der Waals surface area contributed by atoms with E-state index in [1.54, 1.807) is 0 Å². The van der Waals surface area contributed by atoms with Crippen LogP contribution in [0.4, 0.5) is 0 Å². The third kappa shape index (κ3) is 12.3. The fraction of sp³-hybridized carbons (Fsp3) is 1.00. The van der Waals surface area contributed by atoms with Crippen molar-refractivity contribution >= 4 is 0 Å². The van der Waals surface area contributed by atoms with Gasteiger partial charge in [-0.05, 0) is 65.3 Å². The quantitative estimate of drug-likeness (QED) is 0.393. The van der Waals surface area contributed by atoms with Gasteiger partial charge in [0.2, 0.25) is 0 Å². The summed E-state index contributed by atoms with van der Waals surface area (Å²) in [7, 11) is 0. The van der Waals surface area contributed by atoms with Gasteiger partial charge in [-0.15, -0.1) is 0 Å². The van der Waals surface area contributed by atoms with Gasteiger partial charge in [0.15, 0.2) is 0 Å². The Morgan fingerprint density at radius 3 is 2.28 bits per heavy atom. The van der Waals surface area contributed by atoms with Crippen molar-refractivity contribution in [1.29, 1.82) is 0 Å². The van der Waals surface area contributed by atoms with Crippen LogP contribution in [0.15, 0.2) is 0 Å². The molecule has 4 heteroatoms. The second kappa shape index (κ2) is 10.7. The van der Waals surface area contributed by atoms with E-state index in [1.807, 2.05) is 0 Å². The first kappa shape index (κ1) is 17.8.